The largest absolute Gasteiger partial charge is 0.0730 e. The Morgan fingerprint density at radius 3 is 1.80 bits per heavy atom. The van der Waals surface area contributed by atoms with Gasteiger partial charge in [0.05, 0.1) is 0 Å². The molecule has 0 N–H and O–H groups in total. The Bertz CT molecular complexity index is 387. The maximum Gasteiger partial charge on any atom is -0.0161 e. The predicted octanol–water partition coefficient (Wildman–Crippen LogP) is 2.70. The van der Waals surface area contributed by atoms with Crippen LogP contribution in [-0.2, 0) is 0 Å². The van der Waals surface area contributed by atoms with Gasteiger partial charge in [-0.05, 0) is 35.1 Å². The zero-order valence-electron chi connectivity index (χ0n) is 9.74. The fourth-order valence-electron chi connectivity index (χ4n) is 2.71. The Morgan fingerprint density at radius 2 is 1.33 bits per heavy atom. The van der Waals surface area contributed by atoms with Crippen molar-refractivity contribution in [2.45, 2.75) is 33.1 Å². The van der Waals surface area contributed by atoms with Gasteiger partial charge < -0.3 is 0 Å². The summed E-state index contributed by atoms with van der Waals surface area (Å²) in [6.45, 7) is 4.00. The Morgan fingerprint density at radius 1 is 0.867 bits per heavy atom. The number of hydrogen-bond donors (Lipinski definition) is 0. The van der Waals surface area contributed by atoms with Crippen LogP contribution in [0.2, 0.25) is 0 Å². The molecule has 80 valence electrons. The molecule has 0 heterocycles. The Balaban J connectivity index is 0.000000404. The number of hydrogen-bond acceptors (Lipinski definition) is 0. The number of fused-ring (bicyclic) bond motifs is 2. The van der Waals surface area contributed by atoms with Crippen LogP contribution in [0.1, 0.15) is 33.1 Å². The molecule has 1 aromatic rings. The molecule has 2 unspecified atom stereocenters. The highest BCUT2D eigenvalue weighted by Gasteiger charge is 2.24. The van der Waals surface area contributed by atoms with Gasteiger partial charge in [-0.25, -0.2) is 0 Å². The van der Waals surface area contributed by atoms with Gasteiger partial charge in [-0.1, -0.05) is 56.7 Å². The summed E-state index contributed by atoms with van der Waals surface area (Å²) in [6, 6.07) is 8.75. The lowest BCUT2D eigenvalue weighted by atomic mass is 9.90. The second kappa shape index (κ2) is 4.65. The summed E-state index contributed by atoms with van der Waals surface area (Å²) in [7, 11) is 0. The van der Waals surface area contributed by atoms with Gasteiger partial charge in [0.25, 0.3) is 0 Å². The van der Waals surface area contributed by atoms with Crippen LogP contribution in [-0.4, -0.2) is 0 Å². The summed E-state index contributed by atoms with van der Waals surface area (Å²) in [5.74, 6) is 1.68. The minimum atomic E-state index is 0.842. The van der Waals surface area contributed by atoms with Crippen LogP contribution in [0, 0.1) is 11.8 Å². The molecule has 0 heteroatoms. The van der Waals surface area contributed by atoms with Crippen LogP contribution in [0.4, 0.5) is 0 Å². The van der Waals surface area contributed by atoms with E-state index in [1.165, 1.54) is 29.7 Å². The highest BCUT2D eigenvalue weighted by atomic mass is 14.3. The molecule has 0 saturated heterocycles. The van der Waals surface area contributed by atoms with Crippen molar-refractivity contribution in [3.05, 3.63) is 34.7 Å². The van der Waals surface area contributed by atoms with E-state index in [4.69, 9.17) is 0 Å². The average molecular weight is 200 g/mol. The van der Waals surface area contributed by atoms with Crippen molar-refractivity contribution in [1.82, 2.24) is 0 Å². The zero-order chi connectivity index (χ0) is 10.7. The van der Waals surface area contributed by atoms with Crippen LogP contribution >= 0.6 is 0 Å². The van der Waals surface area contributed by atoms with E-state index in [2.05, 4.69) is 36.4 Å². The molecular weight excluding hydrogens is 180 g/mol. The topological polar surface area (TPSA) is 0 Å². The van der Waals surface area contributed by atoms with Crippen molar-refractivity contribution in [2.24, 2.45) is 11.8 Å². The summed E-state index contributed by atoms with van der Waals surface area (Å²) in [5.41, 5.74) is 0. The molecule has 0 amide bonds. The van der Waals surface area contributed by atoms with Crippen LogP contribution in [0.15, 0.2) is 24.3 Å². The zero-order valence-corrected chi connectivity index (χ0v) is 9.74. The van der Waals surface area contributed by atoms with Crippen molar-refractivity contribution in [1.29, 1.82) is 0 Å². The molecule has 2 atom stereocenters. The van der Waals surface area contributed by atoms with Gasteiger partial charge >= 0.3 is 0 Å². The standard InChI is InChI=1S/C13H14.C2H6/c1-2-5-11-9-13-7-3-6-12(13)8-10(11)4-1;1-2/h1-2,4-5,8-9,12-13H,3,6-7H2;1-2H3. The SMILES string of the molecule is C1=c2ccccc2=CC2CCCC12.CC. The second-order valence-corrected chi connectivity index (χ2v) is 4.22. The molecule has 0 aromatic heterocycles. The average Bonchev–Trinajstić information content (AvgIpc) is 2.75. The molecule has 0 nitrogen and oxygen atoms in total. The van der Waals surface area contributed by atoms with Crippen molar-refractivity contribution in [2.75, 3.05) is 0 Å². The first-order valence-electron chi connectivity index (χ1n) is 6.22. The van der Waals surface area contributed by atoms with E-state index < -0.39 is 0 Å². The van der Waals surface area contributed by atoms with E-state index in [0.29, 0.717) is 0 Å². The second-order valence-electron chi connectivity index (χ2n) is 4.22. The first-order chi connectivity index (χ1) is 7.43. The molecular formula is C15H20. The third kappa shape index (κ3) is 1.99. The van der Waals surface area contributed by atoms with E-state index in [1.807, 2.05) is 13.8 Å². The minimum Gasteiger partial charge on any atom is -0.0730 e. The van der Waals surface area contributed by atoms with Gasteiger partial charge in [-0.15, -0.1) is 0 Å². The lowest BCUT2D eigenvalue weighted by molar-refractivity contribution is 0.608. The fourth-order valence-corrected chi connectivity index (χ4v) is 2.71. The quantitative estimate of drug-likeness (QED) is 0.604. The molecule has 3 rings (SSSR count). The lowest BCUT2D eigenvalue weighted by Gasteiger charge is -2.15. The van der Waals surface area contributed by atoms with Gasteiger partial charge in [0.2, 0.25) is 0 Å². The molecule has 0 aliphatic heterocycles. The normalized spacial score (nSPS) is 26.3. The molecule has 0 radical (unpaired) electrons. The number of rotatable bonds is 0. The number of benzene rings is 1. The van der Waals surface area contributed by atoms with Crippen LogP contribution in [0.25, 0.3) is 12.2 Å². The maximum atomic E-state index is 2.48. The maximum absolute atomic E-state index is 2.48. The monoisotopic (exact) mass is 200 g/mol. The molecule has 1 saturated carbocycles. The van der Waals surface area contributed by atoms with Gasteiger partial charge in [-0.3, -0.25) is 0 Å². The van der Waals surface area contributed by atoms with E-state index >= 15 is 0 Å². The van der Waals surface area contributed by atoms with Gasteiger partial charge in [-0.2, -0.15) is 0 Å². The highest BCUT2D eigenvalue weighted by Crippen LogP contribution is 2.34. The van der Waals surface area contributed by atoms with Crippen molar-refractivity contribution < 1.29 is 0 Å². The van der Waals surface area contributed by atoms with Gasteiger partial charge in [0.15, 0.2) is 0 Å². The molecule has 2 aliphatic carbocycles. The molecule has 1 aromatic carbocycles. The van der Waals surface area contributed by atoms with Crippen LogP contribution < -0.4 is 10.4 Å². The van der Waals surface area contributed by atoms with E-state index in [9.17, 15) is 0 Å². The third-order valence-electron chi connectivity index (χ3n) is 3.41. The Hall–Kier alpha value is -1.04. The first-order valence-corrected chi connectivity index (χ1v) is 6.22. The molecule has 15 heavy (non-hydrogen) atoms. The Labute approximate surface area is 92.3 Å². The van der Waals surface area contributed by atoms with Crippen molar-refractivity contribution in [3.8, 4) is 0 Å². The third-order valence-corrected chi connectivity index (χ3v) is 3.41. The summed E-state index contributed by atoms with van der Waals surface area (Å²) in [4.78, 5) is 0. The van der Waals surface area contributed by atoms with Crippen LogP contribution in [0.3, 0.4) is 0 Å². The molecule has 1 fully saturated rings. The highest BCUT2D eigenvalue weighted by molar-refractivity contribution is 5.44. The summed E-state index contributed by atoms with van der Waals surface area (Å²) in [6.07, 6.45) is 9.17. The molecule has 2 aliphatic rings. The molecule has 0 spiro atoms. The van der Waals surface area contributed by atoms with Crippen molar-refractivity contribution in [3.63, 3.8) is 0 Å². The van der Waals surface area contributed by atoms with Gasteiger partial charge in [0.1, 0.15) is 0 Å². The van der Waals surface area contributed by atoms with E-state index in [1.54, 1.807) is 0 Å². The predicted molar refractivity (Wildman–Crippen MR) is 66.8 cm³/mol. The minimum absolute atomic E-state index is 0.842. The fraction of sp³-hybridized carbons (Fsp3) is 0.467. The van der Waals surface area contributed by atoms with Crippen molar-refractivity contribution >= 4 is 12.2 Å². The summed E-state index contributed by atoms with van der Waals surface area (Å²) >= 11 is 0. The summed E-state index contributed by atoms with van der Waals surface area (Å²) < 4.78 is 0. The Kier molecular flexibility index (Phi) is 3.25. The smallest absolute Gasteiger partial charge is 0.0161 e. The lowest BCUT2D eigenvalue weighted by Crippen LogP contribution is -2.30. The molecule has 0 bridgehead atoms. The van der Waals surface area contributed by atoms with Crippen LogP contribution in [0.5, 0.6) is 0 Å². The van der Waals surface area contributed by atoms with Gasteiger partial charge in [0, 0.05) is 0 Å². The first kappa shape index (κ1) is 10.5. The van der Waals surface area contributed by atoms with E-state index in [-0.39, 0.29) is 0 Å². The summed E-state index contributed by atoms with van der Waals surface area (Å²) in [5, 5.41) is 2.90. The van der Waals surface area contributed by atoms with E-state index in [0.717, 1.165) is 11.8 Å².